The van der Waals surface area contributed by atoms with E-state index in [1.54, 1.807) is 18.5 Å². The van der Waals surface area contributed by atoms with Crippen LogP contribution in [0.2, 0.25) is 0 Å². The number of nitrogens with one attached hydrogen (secondary N) is 1. The Morgan fingerprint density at radius 1 is 1.00 bits per heavy atom. The average Bonchev–Trinajstić information content (AvgIpc) is 3.52. The number of rotatable bonds is 6. The predicted molar refractivity (Wildman–Crippen MR) is 136 cm³/mol. The molecule has 176 valence electrons. The van der Waals surface area contributed by atoms with Crippen LogP contribution in [0, 0.1) is 0 Å². The first-order valence-corrected chi connectivity index (χ1v) is 11.5. The van der Waals surface area contributed by atoms with E-state index in [0.717, 1.165) is 45.5 Å². The van der Waals surface area contributed by atoms with Gasteiger partial charge in [-0.1, -0.05) is 35.5 Å². The second kappa shape index (κ2) is 9.46. The minimum Gasteiger partial charge on any atom is -0.450 e. The van der Waals surface area contributed by atoms with E-state index in [2.05, 4.69) is 21.5 Å². The zero-order chi connectivity index (χ0) is 24.4. The maximum atomic E-state index is 13.0. The maximum absolute atomic E-state index is 13.0. The molecule has 7 nitrogen and oxygen atoms in total. The van der Waals surface area contributed by atoms with Crippen LogP contribution < -0.4 is 10.2 Å². The van der Waals surface area contributed by atoms with Gasteiger partial charge in [0.05, 0.1) is 5.71 Å². The molecule has 7 heteroatoms. The number of benzene rings is 2. The van der Waals surface area contributed by atoms with Crippen molar-refractivity contribution in [3.05, 3.63) is 95.5 Å². The summed E-state index contributed by atoms with van der Waals surface area (Å²) in [7, 11) is 3.98. The van der Waals surface area contributed by atoms with E-state index in [1.165, 1.54) is 0 Å². The summed E-state index contributed by atoms with van der Waals surface area (Å²) in [6.45, 7) is 0.398. The molecule has 0 saturated heterocycles. The number of aryl methyl sites for hydroxylation is 1. The van der Waals surface area contributed by atoms with Gasteiger partial charge in [0.2, 0.25) is 0 Å². The van der Waals surface area contributed by atoms with Crippen LogP contribution in [0.5, 0.6) is 0 Å². The summed E-state index contributed by atoms with van der Waals surface area (Å²) in [6.07, 6.45) is 4.92. The highest BCUT2D eigenvalue weighted by Gasteiger charge is 2.23. The summed E-state index contributed by atoms with van der Waals surface area (Å²) in [4.78, 5) is 19.2. The number of amides is 1. The number of fused-ring (bicyclic) bond motifs is 1. The Balaban J connectivity index is 1.44. The zero-order valence-electron chi connectivity index (χ0n) is 19.7. The van der Waals surface area contributed by atoms with Crippen molar-refractivity contribution in [3.8, 4) is 22.5 Å². The summed E-state index contributed by atoms with van der Waals surface area (Å²) in [5.74, 6) is 0.579. The number of hydrogen-bond acceptors (Lipinski definition) is 6. The molecule has 1 amide bonds. The van der Waals surface area contributed by atoms with Crippen LogP contribution >= 0.6 is 0 Å². The van der Waals surface area contributed by atoms with E-state index in [9.17, 15) is 10.0 Å². The van der Waals surface area contributed by atoms with Crippen molar-refractivity contribution in [1.29, 1.82) is 0 Å². The van der Waals surface area contributed by atoms with Crippen molar-refractivity contribution in [2.75, 3.05) is 19.0 Å². The molecule has 35 heavy (non-hydrogen) atoms. The van der Waals surface area contributed by atoms with Gasteiger partial charge in [-0.3, -0.25) is 9.78 Å². The Hall–Kier alpha value is -4.39. The molecule has 0 atom stereocenters. The van der Waals surface area contributed by atoms with E-state index >= 15 is 0 Å². The third-order valence-corrected chi connectivity index (χ3v) is 6.28. The molecule has 1 aliphatic rings. The molecule has 0 fully saturated rings. The van der Waals surface area contributed by atoms with Crippen molar-refractivity contribution < 1.29 is 14.4 Å². The fraction of sp³-hybridized carbons (Fsp3) is 0.179. The van der Waals surface area contributed by atoms with E-state index in [-0.39, 0.29) is 11.7 Å². The topological polar surface area (TPSA) is 91.0 Å². The molecule has 0 saturated carbocycles. The van der Waals surface area contributed by atoms with Crippen LogP contribution in [0.15, 0.2) is 82.6 Å². The number of oxime groups is 1. The summed E-state index contributed by atoms with van der Waals surface area (Å²) in [6, 6.07) is 19.6. The molecular weight excluding hydrogens is 440 g/mol. The molecule has 0 bridgehead atoms. The maximum Gasteiger partial charge on any atom is 0.287 e. The first kappa shape index (κ1) is 22.4. The molecule has 0 aliphatic heterocycles. The molecule has 1 aliphatic carbocycles. The molecule has 2 aromatic carbocycles. The van der Waals surface area contributed by atoms with Gasteiger partial charge in [-0.05, 0) is 59.9 Å². The number of carbonyl (C=O) groups excluding carboxylic acids is 1. The largest absolute Gasteiger partial charge is 0.450 e. The van der Waals surface area contributed by atoms with Crippen LogP contribution in [-0.2, 0) is 13.0 Å². The van der Waals surface area contributed by atoms with Gasteiger partial charge < -0.3 is 19.8 Å². The Kier molecular flexibility index (Phi) is 6.06. The van der Waals surface area contributed by atoms with Crippen LogP contribution in [0.1, 0.15) is 33.7 Å². The van der Waals surface area contributed by atoms with E-state index in [4.69, 9.17) is 4.42 Å². The first-order valence-electron chi connectivity index (χ1n) is 11.5. The van der Waals surface area contributed by atoms with Crippen molar-refractivity contribution in [2.45, 2.75) is 19.4 Å². The zero-order valence-corrected chi connectivity index (χ0v) is 19.7. The highest BCUT2D eigenvalue weighted by molar-refractivity contribution is 6.05. The minimum atomic E-state index is -0.279. The first-order chi connectivity index (χ1) is 17.0. The summed E-state index contributed by atoms with van der Waals surface area (Å²) in [5.41, 5.74) is 7.49. The molecule has 0 spiro atoms. The number of pyridine rings is 1. The Morgan fingerprint density at radius 3 is 2.49 bits per heavy atom. The number of anilines is 1. The fourth-order valence-electron chi connectivity index (χ4n) is 4.36. The second-order valence-electron chi connectivity index (χ2n) is 8.75. The highest BCUT2D eigenvalue weighted by Crippen LogP contribution is 2.37. The van der Waals surface area contributed by atoms with Crippen molar-refractivity contribution in [1.82, 2.24) is 10.3 Å². The van der Waals surface area contributed by atoms with Crippen molar-refractivity contribution >= 4 is 17.3 Å². The predicted octanol–water partition coefficient (Wildman–Crippen LogP) is 5.13. The van der Waals surface area contributed by atoms with Gasteiger partial charge in [0.1, 0.15) is 5.76 Å². The number of hydrogen-bond donors (Lipinski definition) is 2. The lowest BCUT2D eigenvalue weighted by molar-refractivity contribution is 0.0924. The molecule has 0 unspecified atom stereocenters. The average molecular weight is 467 g/mol. The van der Waals surface area contributed by atoms with E-state index in [0.29, 0.717) is 24.4 Å². The normalized spacial score (nSPS) is 13.6. The van der Waals surface area contributed by atoms with Gasteiger partial charge in [-0.25, -0.2) is 0 Å². The fourth-order valence-corrected chi connectivity index (χ4v) is 4.36. The molecule has 2 N–H and O–H groups in total. The lowest BCUT2D eigenvalue weighted by Gasteiger charge is -2.12. The van der Waals surface area contributed by atoms with Gasteiger partial charge in [-0.15, -0.1) is 0 Å². The van der Waals surface area contributed by atoms with E-state index < -0.39 is 0 Å². The van der Waals surface area contributed by atoms with Gasteiger partial charge >= 0.3 is 0 Å². The number of aromatic nitrogens is 1. The molecule has 2 aromatic heterocycles. The SMILES string of the molecule is CN(C)c1ccc(CNC(=O)c2cc(-c3ccc4c(c3)CC/C4=N/O)c(-c3ccncc3)o2)cc1. The molecule has 4 aromatic rings. The Labute approximate surface area is 203 Å². The third kappa shape index (κ3) is 4.53. The third-order valence-electron chi connectivity index (χ3n) is 6.28. The van der Waals surface area contributed by atoms with Gasteiger partial charge in [0.15, 0.2) is 5.76 Å². The summed E-state index contributed by atoms with van der Waals surface area (Å²) < 4.78 is 6.11. The van der Waals surface area contributed by atoms with E-state index in [1.807, 2.05) is 67.5 Å². The Bertz CT molecular complexity index is 1390. The second-order valence-corrected chi connectivity index (χ2v) is 8.75. The number of carbonyl (C=O) groups is 1. The number of furan rings is 1. The highest BCUT2D eigenvalue weighted by atomic mass is 16.4. The van der Waals surface area contributed by atoms with Crippen LogP contribution in [0.4, 0.5) is 5.69 Å². The van der Waals surface area contributed by atoms with Crippen molar-refractivity contribution in [3.63, 3.8) is 0 Å². The minimum absolute atomic E-state index is 0.245. The van der Waals surface area contributed by atoms with Crippen LogP contribution in [0.3, 0.4) is 0 Å². The molecule has 5 rings (SSSR count). The smallest absolute Gasteiger partial charge is 0.287 e. The molecule has 2 heterocycles. The van der Waals surface area contributed by atoms with Crippen molar-refractivity contribution in [2.24, 2.45) is 5.16 Å². The monoisotopic (exact) mass is 466 g/mol. The Morgan fingerprint density at radius 2 is 1.77 bits per heavy atom. The lowest BCUT2D eigenvalue weighted by Crippen LogP contribution is -2.22. The standard InChI is InChI=1S/C28H26N4O3/c1-32(2)22-7-3-18(4-8-22)17-30-28(33)26-16-24(27(35-26)19-11-13-29-14-12-19)21-5-9-23-20(15-21)6-10-25(23)31-34/h3-5,7-9,11-16,34H,6,10,17H2,1-2H3,(H,30,33)/b31-25-. The molecule has 0 radical (unpaired) electrons. The summed E-state index contributed by atoms with van der Waals surface area (Å²) >= 11 is 0. The molecular formula is C28H26N4O3. The number of nitrogens with zero attached hydrogens (tertiary/aromatic N) is 3. The summed E-state index contributed by atoms with van der Waals surface area (Å²) in [5, 5.41) is 15.6. The van der Waals surface area contributed by atoms with Crippen LogP contribution in [-0.4, -0.2) is 35.9 Å². The van der Waals surface area contributed by atoms with Gasteiger partial charge in [0.25, 0.3) is 5.91 Å². The van der Waals surface area contributed by atoms with Crippen LogP contribution in [0.25, 0.3) is 22.5 Å². The quantitative estimate of drug-likeness (QED) is 0.304. The van der Waals surface area contributed by atoms with Gasteiger partial charge in [-0.2, -0.15) is 0 Å². The lowest BCUT2D eigenvalue weighted by atomic mass is 9.98. The van der Waals surface area contributed by atoms with Gasteiger partial charge in [0, 0.05) is 55.4 Å².